The first-order chi connectivity index (χ1) is 7.82. The maximum absolute atomic E-state index is 11.6. The Kier molecular flexibility index (Phi) is 6.75. The quantitative estimate of drug-likeness (QED) is 0.626. The minimum absolute atomic E-state index is 0.347. The molecule has 0 aliphatic carbocycles. The van der Waals surface area contributed by atoms with Gasteiger partial charge < -0.3 is 15.4 Å². The van der Waals surface area contributed by atoms with Gasteiger partial charge in [0.1, 0.15) is 0 Å². The van der Waals surface area contributed by atoms with Crippen molar-refractivity contribution in [2.45, 2.75) is 39.3 Å². The van der Waals surface area contributed by atoms with E-state index in [4.69, 9.17) is 4.74 Å². The first-order valence-electron chi connectivity index (χ1n) is 5.69. The van der Waals surface area contributed by atoms with Crippen molar-refractivity contribution < 1.29 is 14.3 Å². The predicted octanol–water partition coefficient (Wildman–Crippen LogP) is 0.235. The molecule has 0 radical (unpaired) electrons. The zero-order valence-corrected chi connectivity index (χ0v) is 11.2. The Morgan fingerprint density at radius 2 is 1.94 bits per heavy atom. The minimum Gasteiger partial charge on any atom is -0.377 e. The minimum atomic E-state index is -0.475. The van der Waals surface area contributed by atoms with Crippen LogP contribution in [0.15, 0.2) is 0 Å². The fourth-order valence-electron chi connectivity index (χ4n) is 0.989. The van der Waals surface area contributed by atoms with Crippen LogP contribution in [0.5, 0.6) is 0 Å². The second-order valence-electron chi connectivity index (χ2n) is 4.42. The molecule has 1 unspecified atom stereocenters. The van der Waals surface area contributed by atoms with E-state index >= 15 is 0 Å². The number of carbonyl (C=O) groups is 2. The summed E-state index contributed by atoms with van der Waals surface area (Å²) in [6, 6.07) is -0.927. The third-order valence-electron chi connectivity index (χ3n) is 2.35. The molecule has 0 fully saturated rings. The van der Waals surface area contributed by atoms with Gasteiger partial charge in [-0.25, -0.2) is 4.79 Å². The summed E-state index contributed by atoms with van der Waals surface area (Å²) < 4.78 is 5.21. The molecule has 6 heteroatoms. The number of amides is 3. The van der Waals surface area contributed by atoms with Crippen molar-refractivity contribution in [3.8, 4) is 0 Å². The van der Waals surface area contributed by atoms with Gasteiger partial charge in [-0.2, -0.15) is 0 Å². The average Bonchev–Trinajstić information content (AvgIpc) is 2.26. The van der Waals surface area contributed by atoms with E-state index in [-0.39, 0.29) is 11.5 Å². The Morgan fingerprint density at radius 3 is 2.41 bits per heavy atom. The molecule has 6 nitrogen and oxygen atoms in total. The van der Waals surface area contributed by atoms with Gasteiger partial charge in [-0.1, -0.05) is 0 Å². The Labute approximate surface area is 102 Å². The summed E-state index contributed by atoms with van der Waals surface area (Å²) in [5.41, 5.74) is -0.347. The molecule has 0 spiro atoms. The van der Waals surface area contributed by atoms with Crippen LogP contribution in [0.3, 0.4) is 0 Å². The number of methoxy groups -OCH3 is 1. The molecule has 0 aromatic carbocycles. The van der Waals surface area contributed by atoms with Gasteiger partial charge in [0, 0.05) is 20.2 Å². The van der Waals surface area contributed by atoms with Gasteiger partial charge >= 0.3 is 6.03 Å². The lowest BCUT2D eigenvalue weighted by Gasteiger charge is -2.25. The number of imide groups is 1. The Balaban J connectivity index is 4.02. The van der Waals surface area contributed by atoms with E-state index in [1.54, 1.807) is 21.0 Å². The summed E-state index contributed by atoms with van der Waals surface area (Å²) in [6.07, 6.45) is 0. The Morgan fingerprint density at radius 1 is 1.35 bits per heavy atom. The van der Waals surface area contributed by atoms with Crippen LogP contribution in [0, 0.1) is 0 Å². The van der Waals surface area contributed by atoms with E-state index < -0.39 is 12.1 Å². The van der Waals surface area contributed by atoms with Crippen molar-refractivity contribution in [3.63, 3.8) is 0 Å². The molecule has 0 heterocycles. The molecule has 0 bridgehead atoms. The van der Waals surface area contributed by atoms with Crippen molar-refractivity contribution in [2.75, 3.05) is 20.2 Å². The smallest absolute Gasteiger partial charge is 0.321 e. The van der Waals surface area contributed by atoms with Crippen molar-refractivity contribution in [1.29, 1.82) is 0 Å². The molecule has 0 aliphatic rings. The van der Waals surface area contributed by atoms with Crippen LogP contribution in [0.4, 0.5) is 4.79 Å². The van der Waals surface area contributed by atoms with E-state index in [2.05, 4.69) is 16.0 Å². The second-order valence-corrected chi connectivity index (χ2v) is 4.42. The first-order valence-corrected chi connectivity index (χ1v) is 5.69. The Bertz CT molecular complexity index is 267. The highest BCUT2D eigenvalue weighted by Gasteiger charge is 2.20. The fraction of sp³-hybridized carbons (Fsp3) is 0.818. The second kappa shape index (κ2) is 7.24. The summed E-state index contributed by atoms with van der Waals surface area (Å²) in [4.78, 5) is 22.7. The van der Waals surface area contributed by atoms with Crippen LogP contribution >= 0.6 is 0 Å². The van der Waals surface area contributed by atoms with Crippen molar-refractivity contribution in [3.05, 3.63) is 0 Å². The zero-order valence-electron chi connectivity index (χ0n) is 11.2. The summed E-state index contributed by atoms with van der Waals surface area (Å²) in [6.45, 7) is 8.31. The molecule has 0 saturated heterocycles. The molecule has 17 heavy (non-hydrogen) atoms. The van der Waals surface area contributed by atoms with Gasteiger partial charge in [0.05, 0.1) is 11.6 Å². The molecule has 0 aromatic rings. The highest BCUT2D eigenvalue weighted by Crippen LogP contribution is 2.05. The van der Waals surface area contributed by atoms with Crippen LogP contribution in [-0.2, 0) is 9.53 Å². The lowest BCUT2D eigenvalue weighted by atomic mass is 10.1. The molecule has 3 N–H and O–H groups in total. The summed E-state index contributed by atoms with van der Waals surface area (Å²) in [5, 5.41) is 7.74. The summed E-state index contributed by atoms with van der Waals surface area (Å²) in [5.74, 6) is -0.358. The largest absolute Gasteiger partial charge is 0.377 e. The predicted molar refractivity (Wildman–Crippen MR) is 65.8 cm³/mol. The molecule has 3 amide bonds. The number of rotatable bonds is 6. The van der Waals surface area contributed by atoms with Crippen molar-refractivity contribution >= 4 is 11.9 Å². The summed E-state index contributed by atoms with van der Waals surface area (Å²) in [7, 11) is 1.61. The maximum atomic E-state index is 11.6. The molecule has 0 saturated carbocycles. The van der Waals surface area contributed by atoms with Gasteiger partial charge in [0.25, 0.3) is 0 Å². The number of hydrogen-bond donors (Lipinski definition) is 3. The van der Waals surface area contributed by atoms with E-state index in [1.165, 1.54) is 0 Å². The normalized spacial score (nSPS) is 13.0. The average molecular weight is 245 g/mol. The number of ether oxygens (including phenoxy) is 1. The molecular weight excluding hydrogens is 222 g/mol. The van der Waals surface area contributed by atoms with Crippen molar-refractivity contribution in [1.82, 2.24) is 16.0 Å². The van der Waals surface area contributed by atoms with Crippen LogP contribution in [0.25, 0.3) is 0 Å². The van der Waals surface area contributed by atoms with E-state index in [0.717, 1.165) is 0 Å². The van der Waals surface area contributed by atoms with Gasteiger partial charge in [0.2, 0.25) is 5.91 Å². The fourth-order valence-corrected chi connectivity index (χ4v) is 0.989. The van der Waals surface area contributed by atoms with Gasteiger partial charge in [-0.15, -0.1) is 0 Å². The SMILES string of the molecule is CCNC(=O)NC(=O)C(C)NCC(C)(C)OC. The van der Waals surface area contributed by atoms with Crippen LogP contribution in [0.1, 0.15) is 27.7 Å². The molecular formula is C11H23N3O3. The van der Waals surface area contributed by atoms with Crippen molar-refractivity contribution in [2.24, 2.45) is 0 Å². The highest BCUT2D eigenvalue weighted by atomic mass is 16.5. The van der Waals surface area contributed by atoms with E-state index in [1.807, 2.05) is 13.8 Å². The van der Waals surface area contributed by atoms with Crippen LogP contribution in [0.2, 0.25) is 0 Å². The first kappa shape index (κ1) is 15.9. The van der Waals surface area contributed by atoms with E-state index in [9.17, 15) is 9.59 Å². The molecule has 100 valence electrons. The summed E-state index contributed by atoms with van der Waals surface area (Å²) >= 11 is 0. The van der Waals surface area contributed by atoms with Crippen LogP contribution in [-0.4, -0.2) is 43.8 Å². The van der Waals surface area contributed by atoms with Gasteiger partial charge in [0.15, 0.2) is 0 Å². The molecule has 0 aliphatic heterocycles. The number of carbonyl (C=O) groups excluding carboxylic acids is 2. The van der Waals surface area contributed by atoms with Gasteiger partial charge in [-0.05, 0) is 27.7 Å². The monoisotopic (exact) mass is 245 g/mol. The van der Waals surface area contributed by atoms with E-state index in [0.29, 0.717) is 13.1 Å². The number of nitrogens with one attached hydrogen (secondary N) is 3. The maximum Gasteiger partial charge on any atom is 0.321 e. The molecule has 0 rings (SSSR count). The third-order valence-corrected chi connectivity index (χ3v) is 2.35. The number of hydrogen-bond acceptors (Lipinski definition) is 4. The Hall–Kier alpha value is -1.14. The lowest BCUT2D eigenvalue weighted by molar-refractivity contribution is -0.121. The number of urea groups is 1. The highest BCUT2D eigenvalue weighted by molar-refractivity contribution is 5.96. The topological polar surface area (TPSA) is 79.5 Å². The lowest BCUT2D eigenvalue weighted by Crippen LogP contribution is -2.50. The standard InChI is InChI=1S/C11H23N3O3/c1-6-12-10(16)14-9(15)8(2)13-7-11(3,4)17-5/h8,13H,6-7H2,1-5H3,(H2,12,14,15,16). The van der Waals surface area contributed by atoms with Crippen LogP contribution < -0.4 is 16.0 Å². The molecule has 0 aromatic heterocycles. The third kappa shape index (κ3) is 6.91. The molecule has 1 atom stereocenters. The zero-order chi connectivity index (χ0) is 13.5. The van der Waals surface area contributed by atoms with Gasteiger partial charge in [-0.3, -0.25) is 10.1 Å².